The summed E-state index contributed by atoms with van der Waals surface area (Å²) in [6.07, 6.45) is -3.40. The van der Waals surface area contributed by atoms with Crippen molar-refractivity contribution in [3.8, 4) is 0 Å². The third-order valence-electron chi connectivity index (χ3n) is 5.78. The smallest absolute Gasteiger partial charge is 0.475 e. The summed E-state index contributed by atoms with van der Waals surface area (Å²) in [5, 5.41) is 19.2. The van der Waals surface area contributed by atoms with Gasteiger partial charge in [-0.15, -0.1) is 0 Å². The molecule has 2 aliphatic rings. The van der Waals surface area contributed by atoms with Crippen LogP contribution in [-0.4, -0.2) is 58.3 Å². The molecule has 2 aromatic rings. The average molecular weight is 497 g/mol. The number of carboxylic acids is 1. The molecule has 1 heterocycles. The minimum absolute atomic E-state index is 0.0208. The highest BCUT2D eigenvalue weighted by Crippen LogP contribution is 2.40. The molecule has 8 nitrogen and oxygen atoms in total. The molecule has 35 heavy (non-hydrogen) atoms. The Balaban J connectivity index is 0.000000429. The number of nitrogens with zero attached hydrogens (tertiary/aromatic N) is 1. The van der Waals surface area contributed by atoms with Crippen molar-refractivity contribution in [1.82, 2.24) is 15.7 Å². The van der Waals surface area contributed by atoms with Crippen molar-refractivity contribution in [1.29, 1.82) is 0 Å². The van der Waals surface area contributed by atoms with Crippen LogP contribution in [0.25, 0.3) is 0 Å². The Labute approximate surface area is 197 Å². The molecule has 2 atom stereocenters. The van der Waals surface area contributed by atoms with Gasteiger partial charge in [0.2, 0.25) is 5.91 Å². The van der Waals surface area contributed by atoms with Gasteiger partial charge in [-0.2, -0.15) is 13.2 Å². The first-order chi connectivity index (χ1) is 16.5. The molecular formula is C23H23F4N3O5. The van der Waals surface area contributed by atoms with E-state index in [1.165, 1.54) is 12.1 Å². The van der Waals surface area contributed by atoms with Crippen LogP contribution in [0.2, 0.25) is 0 Å². The molecule has 0 spiro atoms. The van der Waals surface area contributed by atoms with Gasteiger partial charge in [0.05, 0.1) is 6.54 Å². The van der Waals surface area contributed by atoms with Crippen LogP contribution in [0, 0.1) is 5.82 Å². The lowest BCUT2D eigenvalue weighted by Crippen LogP contribution is -2.41. The number of aliphatic carboxylic acids is 1. The maximum Gasteiger partial charge on any atom is 0.490 e. The second kappa shape index (κ2) is 10.8. The quantitative estimate of drug-likeness (QED) is 0.287. The van der Waals surface area contributed by atoms with Gasteiger partial charge in [0, 0.05) is 30.6 Å². The Morgan fingerprint density at radius 1 is 1.06 bits per heavy atom. The van der Waals surface area contributed by atoms with E-state index >= 15 is 0 Å². The van der Waals surface area contributed by atoms with E-state index in [-0.39, 0.29) is 24.3 Å². The van der Waals surface area contributed by atoms with Gasteiger partial charge in [0.15, 0.2) is 0 Å². The van der Waals surface area contributed by atoms with Crippen LogP contribution in [0.15, 0.2) is 42.5 Å². The summed E-state index contributed by atoms with van der Waals surface area (Å²) in [4.78, 5) is 34.9. The van der Waals surface area contributed by atoms with Gasteiger partial charge in [-0.25, -0.2) is 14.7 Å². The number of hydrogen-bond donors (Lipinski definition) is 4. The van der Waals surface area contributed by atoms with Gasteiger partial charge in [-0.3, -0.25) is 14.8 Å². The van der Waals surface area contributed by atoms with E-state index in [1.54, 1.807) is 34.6 Å². The Bertz CT molecular complexity index is 1090. The number of fused-ring (bicyclic) bond motifs is 1. The fourth-order valence-corrected chi connectivity index (χ4v) is 3.80. The van der Waals surface area contributed by atoms with E-state index in [2.05, 4.69) is 5.32 Å². The number of carboxylic acid groups (broad SMARTS) is 1. The van der Waals surface area contributed by atoms with E-state index in [0.29, 0.717) is 24.6 Å². The zero-order chi connectivity index (χ0) is 25.8. The Morgan fingerprint density at radius 2 is 1.71 bits per heavy atom. The predicted octanol–water partition coefficient (Wildman–Crippen LogP) is 2.61. The molecule has 0 saturated heterocycles. The summed E-state index contributed by atoms with van der Waals surface area (Å²) >= 11 is 0. The molecule has 1 aliphatic heterocycles. The number of nitrogens with one attached hydrogen (secondary N) is 2. The molecule has 1 fully saturated rings. The number of hydroxylamine groups is 1. The van der Waals surface area contributed by atoms with Crippen molar-refractivity contribution in [3.63, 3.8) is 0 Å². The monoisotopic (exact) mass is 497 g/mol. The molecule has 4 N–H and O–H groups in total. The van der Waals surface area contributed by atoms with Crippen LogP contribution in [0.1, 0.15) is 39.4 Å². The van der Waals surface area contributed by atoms with Crippen LogP contribution in [0.4, 0.5) is 17.6 Å². The molecule has 12 heteroatoms. The number of rotatable bonds is 5. The second-order valence-electron chi connectivity index (χ2n) is 8.17. The second-order valence-corrected chi connectivity index (χ2v) is 8.17. The predicted molar refractivity (Wildman–Crippen MR) is 114 cm³/mol. The first-order valence-electron chi connectivity index (χ1n) is 10.6. The van der Waals surface area contributed by atoms with E-state index < -0.39 is 18.1 Å². The molecule has 2 amide bonds. The highest BCUT2D eigenvalue weighted by Gasteiger charge is 2.39. The Hall–Kier alpha value is -3.51. The molecule has 0 aromatic heterocycles. The van der Waals surface area contributed by atoms with Crippen molar-refractivity contribution in [2.24, 2.45) is 0 Å². The van der Waals surface area contributed by atoms with E-state index in [9.17, 15) is 27.2 Å². The highest BCUT2D eigenvalue weighted by atomic mass is 19.4. The molecule has 4 rings (SSSR count). The SMILES string of the molecule is O=C(NO)c1ccc2c(c1)CN(C(=O)CN[C@H]1C[C@@H]1c1ccc(F)cc1)CC2.O=C(O)C(F)(F)F. The van der Waals surface area contributed by atoms with Crippen molar-refractivity contribution < 1.29 is 42.3 Å². The van der Waals surface area contributed by atoms with E-state index in [4.69, 9.17) is 15.1 Å². The summed E-state index contributed by atoms with van der Waals surface area (Å²) in [6.45, 7) is 1.36. The van der Waals surface area contributed by atoms with Crippen molar-refractivity contribution >= 4 is 17.8 Å². The normalized spacial score (nSPS) is 18.6. The third-order valence-corrected chi connectivity index (χ3v) is 5.78. The maximum absolute atomic E-state index is 13.0. The lowest BCUT2D eigenvalue weighted by Gasteiger charge is -2.29. The number of halogens is 4. The molecule has 0 radical (unpaired) electrons. The first-order valence-corrected chi connectivity index (χ1v) is 10.6. The van der Waals surface area contributed by atoms with Gasteiger partial charge < -0.3 is 15.3 Å². The maximum atomic E-state index is 13.0. The zero-order valence-electron chi connectivity index (χ0n) is 18.3. The summed E-state index contributed by atoms with van der Waals surface area (Å²) in [6, 6.07) is 12.0. The average Bonchev–Trinajstić information content (AvgIpc) is 3.61. The van der Waals surface area contributed by atoms with Crippen LogP contribution in [0.3, 0.4) is 0 Å². The molecule has 0 bridgehead atoms. The number of amides is 2. The molecule has 1 aliphatic carbocycles. The molecule has 2 aromatic carbocycles. The van der Waals surface area contributed by atoms with Crippen molar-refractivity contribution in [2.75, 3.05) is 13.1 Å². The zero-order valence-corrected chi connectivity index (χ0v) is 18.3. The lowest BCUT2D eigenvalue weighted by molar-refractivity contribution is -0.192. The Kier molecular flexibility index (Phi) is 8.07. The Morgan fingerprint density at radius 3 is 2.31 bits per heavy atom. The topological polar surface area (TPSA) is 119 Å². The lowest BCUT2D eigenvalue weighted by atomic mass is 9.97. The summed E-state index contributed by atoms with van der Waals surface area (Å²) in [5.74, 6) is -3.21. The molecular weight excluding hydrogens is 474 g/mol. The standard InChI is InChI=1S/C21H22FN3O3.C2HF3O2/c22-17-5-3-14(4-6-17)18-10-19(18)23-11-20(26)25-8-7-13-1-2-15(21(27)24-28)9-16(13)12-25;3-2(4,5)1(6)7/h1-6,9,18-19,23,28H,7-8,10-12H2,(H,24,27);(H,6,7)/t18-,19+;/m1./s1. The number of hydrogen-bond acceptors (Lipinski definition) is 5. The molecule has 1 saturated carbocycles. The summed E-state index contributed by atoms with van der Waals surface area (Å²) < 4.78 is 44.8. The van der Waals surface area contributed by atoms with Crippen molar-refractivity contribution in [3.05, 3.63) is 70.5 Å². The summed E-state index contributed by atoms with van der Waals surface area (Å²) in [5.41, 5.74) is 5.14. The minimum atomic E-state index is -5.08. The number of alkyl halides is 3. The van der Waals surface area contributed by atoms with Gasteiger partial charge in [-0.05, 0) is 53.8 Å². The largest absolute Gasteiger partial charge is 0.490 e. The highest BCUT2D eigenvalue weighted by molar-refractivity contribution is 5.93. The van der Waals surface area contributed by atoms with Crippen LogP contribution < -0.4 is 10.8 Å². The number of carbonyl (C=O) groups excluding carboxylic acids is 2. The van der Waals surface area contributed by atoms with Crippen molar-refractivity contribution in [2.45, 2.75) is 37.5 Å². The molecule has 0 unspecified atom stereocenters. The fourth-order valence-electron chi connectivity index (χ4n) is 3.80. The molecule has 188 valence electrons. The van der Waals surface area contributed by atoms with Crippen LogP contribution >= 0.6 is 0 Å². The van der Waals surface area contributed by atoms with E-state index in [0.717, 1.165) is 29.5 Å². The van der Waals surface area contributed by atoms with E-state index in [1.807, 2.05) is 6.07 Å². The minimum Gasteiger partial charge on any atom is -0.475 e. The fraction of sp³-hybridized carbons (Fsp3) is 0.348. The first kappa shape index (κ1) is 26.1. The van der Waals surface area contributed by atoms with Crippen LogP contribution in [0.5, 0.6) is 0 Å². The third kappa shape index (κ3) is 6.99. The van der Waals surface area contributed by atoms with Gasteiger partial charge in [0.25, 0.3) is 5.91 Å². The van der Waals surface area contributed by atoms with Gasteiger partial charge in [0.1, 0.15) is 5.82 Å². The number of carbonyl (C=O) groups is 3. The van der Waals surface area contributed by atoms with Gasteiger partial charge in [-0.1, -0.05) is 18.2 Å². The van der Waals surface area contributed by atoms with Gasteiger partial charge >= 0.3 is 12.1 Å². The summed E-state index contributed by atoms with van der Waals surface area (Å²) in [7, 11) is 0. The number of benzene rings is 2. The van der Waals surface area contributed by atoms with Crippen LogP contribution in [-0.2, 0) is 22.6 Å².